The van der Waals surface area contributed by atoms with Crippen LogP contribution < -0.4 is 5.32 Å². The van der Waals surface area contributed by atoms with E-state index >= 15 is 0 Å². The van der Waals surface area contributed by atoms with Gasteiger partial charge in [-0.2, -0.15) is 0 Å². The lowest BCUT2D eigenvalue weighted by Crippen LogP contribution is -2.46. The number of hydrogen-bond acceptors (Lipinski definition) is 5. The normalized spacial score (nSPS) is 14.0. The molecule has 0 aromatic heterocycles. The van der Waals surface area contributed by atoms with Crippen LogP contribution in [0.1, 0.15) is 226 Å². The van der Waals surface area contributed by atoms with Crippen LogP contribution in [-0.4, -0.2) is 46.9 Å². The van der Waals surface area contributed by atoms with Crippen LogP contribution in [0.15, 0.2) is 97.2 Å². The number of unbranched alkanes of at least 4 members (excludes halogenated alkanes) is 19. The van der Waals surface area contributed by atoms with Gasteiger partial charge in [-0.05, 0) is 77.0 Å². The molecule has 6 heteroatoms. The maximum absolute atomic E-state index is 13.2. The Labute approximate surface area is 388 Å². The number of amides is 1. The molecule has 0 radical (unpaired) electrons. The largest absolute Gasteiger partial charge is 0.462 e. The first-order chi connectivity index (χ1) is 31.0. The van der Waals surface area contributed by atoms with Crippen LogP contribution in [0.3, 0.4) is 0 Å². The number of allylic oxidation sites excluding steroid dienone is 16. The molecule has 0 heterocycles. The van der Waals surface area contributed by atoms with Gasteiger partial charge in [0.05, 0.1) is 25.2 Å². The summed E-state index contributed by atoms with van der Waals surface area (Å²) in [5, 5.41) is 23.8. The van der Waals surface area contributed by atoms with E-state index in [1.54, 1.807) is 0 Å². The fourth-order valence-corrected chi connectivity index (χ4v) is 7.36. The van der Waals surface area contributed by atoms with Crippen LogP contribution in [0, 0.1) is 0 Å². The molecule has 0 spiro atoms. The lowest BCUT2D eigenvalue weighted by molar-refractivity contribution is -0.150. The summed E-state index contributed by atoms with van der Waals surface area (Å²) in [6.45, 7) is 6.21. The van der Waals surface area contributed by atoms with E-state index in [1.165, 1.54) is 77.0 Å². The smallest absolute Gasteiger partial charge is 0.306 e. The van der Waals surface area contributed by atoms with E-state index in [0.29, 0.717) is 19.3 Å². The maximum Gasteiger partial charge on any atom is 0.306 e. The summed E-state index contributed by atoms with van der Waals surface area (Å²) in [6.07, 6.45) is 66.2. The molecule has 63 heavy (non-hydrogen) atoms. The number of nitrogens with one attached hydrogen (secondary N) is 1. The molecule has 0 aromatic carbocycles. The van der Waals surface area contributed by atoms with Gasteiger partial charge < -0.3 is 20.3 Å². The van der Waals surface area contributed by atoms with Gasteiger partial charge >= 0.3 is 5.97 Å². The van der Waals surface area contributed by atoms with Gasteiger partial charge in [-0.1, -0.05) is 234 Å². The van der Waals surface area contributed by atoms with Gasteiger partial charge in [0.1, 0.15) is 6.10 Å². The number of carbonyl (C=O) groups excluding carboxylic acids is 2. The first-order valence-corrected chi connectivity index (χ1v) is 26.0. The van der Waals surface area contributed by atoms with Crippen molar-refractivity contribution in [3.05, 3.63) is 97.2 Å². The van der Waals surface area contributed by atoms with Gasteiger partial charge in [-0.15, -0.1) is 0 Å². The van der Waals surface area contributed by atoms with Gasteiger partial charge in [-0.25, -0.2) is 0 Å². The highest BCUT2D eigenvalue weighted by molar-refractivity contribution is 5.77. The van der Waals surface area contributed by atoms with Crippen LogP contribution in [0.2, 0.25) is 0 Å². The van der Waals surface area contributed by atoms with Crippen molar-refractivity contribution in [2.45, 2.75) is 244 Å². The number of aliphatic hydroxyl groups is 2. The second kappa shape index (κ2) is 49.8. The third kappa shape index (κ3) is 45.2. The quantitative estimate of drug-likeness (QED) is 0.0245. The molecule has 0 bridgehead atoms. The molecule has 0 rings (SSSR count). The average molecular weight is 876 g/mol. The molecule has 0 fully saturated rings. The number of esters is 1. The van der Waals surface area contributed by atoms with Gasteiger partial charge in [0.25, 0.3) is 0 Å². The molecule has 0 aliphatic rings. The Morgan fingerprint density at radius 3 is 1.44 bits per heavy atom. The minimum absolute atomic E-state index is 0.0291. The zero-order valence-electron chi connectivity index (χ0n) is 40.9. The predicted molar refractivity (Wildman–Crippen MR) is 273 cm³/mol. The molecule has 0 saturated heterocycles. The number of rotatable bonds is 45. The second-order valence-corrected chi connectivity index (χ2v) is 17.2. The number of carbonyl (C=O) groups is 2. The molecular formula is C57H97NO5. The third-order valence-corrected chi connectivity index (χ3v) is 11.2. The highest BCUT2D eigenvalue weighted by Gasteiger charge is 2.24. The van der Waals surface area contributed by atoms with Gasteiger partial charge in [0, 0.05) is 6.42 Å². The van der Waals surface area contributed by atoms with Crippen molar-refractivity contribution < 1.29 is 24.5 Å². The summed E-state index contributed by atoms with van der Waals surface area (Å²) in [6, 6.07) is -0.729. The van der Waals surface area contributed by atoms with E-state index in [2.05, 4.69) is 117 Å². The fraction of sp³-hybridized carbons (Fsp3) is 0.684. The maximum atomic E-state index is 13.2. The summed E-state index contributed by atoms with van der Waals surface area (Å²) in [7, 11) is 0. The van der Waals surface area contributed by atoms with E-state index in [1.807, 2.05) is 6.08 Å². The molecule has 3 atom stereocenters. The number of aliphatic hydroxyl groups excluding tert-OH is 2. The van der Waals surface area contributed by atoms with Crippen LogP contribution >= 0.6 is 0 Å². The van der Waals surface area contributed by atoms with Crippen molar-refractivity contribution in [1.29, 1.82) is 0 Å². The van der Waals surface area contributed by atoms with Crippen molar-refractivity contribution in [3.63, 3.8) is 0 Å². The molecular weight excluding hydrogens is 779 g/mol. The standard InChI is InChI=1S/C57H97NO5/c1-4-7-10-13-16-19-22-25-27-29-32-35-38-41-44-47-50-57(62)63-53(48-45-42-39-36-33-30-24-21-18-15-12-9-6-3)51-56(61)58-54(52-59)55(60)49-46-43-40-37-34-31-28-26-23-20-17-14-11-8-5-2/h7,9-10,12,15-16,18-19,21,24-25,27,32,35,41,44,53-55,59-60H,4-6,8,11,13-14,17,20,22-23,26,28-31,33-34,36-40,42-43,45-52H2,1-3H3,(H,58,61)/b10-7+,12-9+,18-15+,19-16+,24-21+,27-25+,35-32+,44-41+. The van der Waals surface area contributed by atoms with Gasteiger partial charge in [0.2, 0.25) is 5.91 Å². The molecule has 1 amide bonds. The summed E-state index contributed by atoms with van der Waals surface area (Å²) >= 11 is 0. The third-order valence-electron chi connectivity index (χ3n) is 11.2. The van der Waals surface area contributed by atoms with Crippen molar-refractivity contribution in [1.82, 2.24) is 5.32 Å². The monoisotopic (exact) mass is 876 g/mol. The summed E-state index contributed by atoms with van der Waals surface area (Å²) < 4.78 is 5.88. The minimum Gasteiger partial charge on any atom is -0.462 e. The molecule has 0 aliphatic heterocycles. The predicted octanol–water partition coefficient (Wildman–Crippen LogP) is 15.7. The highest BCUT2D eigenvalue weighted by atomic mass is 16.5. The van der Waals surface area contributed by atoms with Crippen molar-refractivity contribution in [3.8, 4) is 0 Å². The average Bonchev–Trinajstić information content (AvgIpc) is 3.28. The molecule has 0 aromatic rings. The summed E-state index contributed by atoms with van der Waals surface area (Å²) in [5.74, 6) is -0.599. The number of ether oxygens (including phenoxy) is 1. The first kappa shape index (κ1) is 59.8. The molecule has 0 aliphatic carbocycles. The zero-order chi connectivity index (χ0) is 45.9. The lowest BCUT2D eigenvalue weighted by Gasteiger charge is -2.24. The van der Waals surface area contributed by atoms with E-state index in [0.717, 1.165) is 96.3 Å². The van der Waals surface area contributed by atoms with Crippen LogP contribution in [0.5, 0.6) is 0 Å². The number of hydrogen-bond donors (Lipinski definition) is 3. The van der Waals surface area contributed by atoms with Crippen molar-refractivity contribution >= 4 is 11.9 Å². The zero-order valence-corrected chi connectivity index (χ0v) is 40.9. The van der Waals surface area contributed by atoms with Crippen LogP contribution in [0.25, 0.3) is 0 Å². The van der Waals surface area contributed by atoms with E-state index in [9.17, 15) is 19.8 Å². The highest BCUT2D eigenvalue weighted by Crippen LogP contribution is 2.17. The lowest BCUT2D eigenvalue weighted by atomic mass is 10.0. The van der Waals surface area contributed by atoms with E-state index < -0.39 is 18.2 Å². The van der Waals surface area contributed by atoms with Crippen molar-refractivity contribution in [2.24, 2.45) is 0 Å². The first-order valence-electron chi connectivity index (χ1n) is 26.0. The van der Waals surface area contributed by atoms with Crippen LogP contribution in [0.4, 0.5) is 0 Å². The van der Waals surface area contributed by atoms with Gasteiger partial charge in [-0.3, -0.25) is 9.59 Å². The topological polar surface area (TPSA) is 95.9 Å². The summed E-state index contributed by atoms with van der Waals surface area (Å²) in [4.78, 5) is 26.1. The summed E-state index contributed by atoms with van der Waals surface area (Å²) in [5.41, 5.74) is 0. The van der Waals surface area contributed by atoms with Gasteiger partial charge in [0.15, 0.2) is 0 Å². The molecule has 6 nitrogen and oxygen atoms in total. The minimum atomic E-state index is -0.811. The Balaban J connectivity index is 4.70. The Morgan fingerprint density at radius 2 is 0.937 bits per heavy atom. The second-order valence-electron chi connectivity index (χ2n) is 17.2. The van der Waals surface area contributed by atoms with E-state index in [-0.39, 0.29) is 31.3 Å². The Morgan fingerprint density at radius 1 is 0.492 bits per heavy atom. The van der Waals surface area contributed by atoms with E-state index in [4.69, 9.17) is 4.74 Å². The fourth-order valence-electron chi connectivity index (χ4n) is 7.36. The molecule has 360 valence electrons. The SMILES string of the molecule is CC/C=C/C=C/C=C/CCCCCCCC(CC(=O)NC(CO)C(O)CCCCCCCCCCCCCCCCC)OC(=O)CC/C=C/C/C=C/C/C=C/C/C=C/C/C=C/CC. The molecule has 3 unspecified atom stereocenters. The van der Waals surface area contributed by atoms with Crippen LogP contribution in [-0.2, 0) is 14.3 Å². The Hall–Kier alpha value is -3.22. The molecule has 0 saturated carbocycles. The Bertz CT molecular complexity index is 1260. The molecule has 3 N–H and O–H groups in total. The van der Waals surface area contributed by atoms with Crippen molar-refractivity contribution in [2.75, 3.05) is 6.61 Å². The Kier molecular flexibility index (Phi) is 47.2.